The Morgan fingerprint density at radius 3 is 2.65 bits per heavy atom. The SMILES string of the molecule is CCOc1ccc(/C=N/NC(=O)C(=O)NCCCN2CCOCC2)cc1. The maximum Gasteiger partial charge on any atom is 0.329 e. The van der Waals surface area contributed by atoms with Crippen molar-refractivity contribution >= 4 is 18.0 Å². The van der Waals surface area contributed by atoms with Crippen molar-refractivity contribution < 1.29 is 19.1 Å². The van der Waals surface area contributed by atoms with Crippen molar-refractivity contribution in [3.63, 3.8) is 0 Å². The molecule has 1 aliphatic rings. The second-order valence-corrected chi connectivity index (χ2v) is 5.76. The normalized spacial score (nSPS) is 15.0. The van der Waals surface area contributed by atoms with Crippen LogP contribution in [0, 0.1) is 0 Å². The van der Waals surface area contributed by atoms with Crippen LogP contribution in [0.1, 0.15) is 18.9 Å². The van der Waals surface area contributed by atoms with Gasteiger partial charge in [0.25, 0.3) is 0 Å². The zero-order chi connectivity index (χ0) is 18.6. The van der Waals surface area contributed by atoms with Gasteiger partial charge in [0.2, 0.25) is 0 Å². The standard InChI is InChI=1S/C18H26N4O4/c1-2-26-16-6-4-15(5-7-16)14-20-21-18(24)17(23)19-8-3-9-22-10-12-25-13-11-22/h4-7,14H,2-3,8-13H2,1H3,(H,19,23)(H,21,24)/b20-14+. The van der Waals surface area contributed by atoms with E-state index in [1.165, 1.54) is 6.21 Å². The van der Waals surface area contributed by atoms with Crippen molar-refractivity contribution in [1.82, 2.24) is 15.6 Å². The second-order valence-electron chi connectivity index (χ2n) is 5.76. The Labute approximate surface area is 153 Å². The fourth-order valence-electron chi connectivity index (χ4n) is 2.44. The molecule has 1 aromatic carbocycles. The Hall–Kier alpha value is -2.45. The lowest BCUT2D eigenvalue weighted by Crippen LogP contribution is -2.40. The van der Waals surface area contributed by atoms with Gasteiger partial charge in [-0.3, -0.25) is 14.5 Å². The monoisotopic (exact) mass is 362 g/mol. The van der Waals surface area contributed by atoms with Gasteiger partial charge in [-0.25, -0.2) is 5.43 Å². The van der Waals surface area contributed by atoms with Crippen molar-refractivity contribution in [3.05, 3.63) is 29.8 Å². The van der Waals surface area contributed by atoms with E-state index in [-0.39, 0.29) is 0 Å². The van der Waals surface area contributed by atoms with Crippen LogP contribution in [0.4, 0.5) is 0 Å². The minimum absolute atomic E-state index is 0.451. The number of ether oxygens (including phenoxy) is 2. The van der Waals surface area contributed by atoms with Crippen LogP contribution in [-0.4, -0.2) is 68.9 Å². The molecule has 0 aliphatic carbocycles. The van der Waals surface area contributed by atoms with Gasteiger partial charge in [0.05, 0.1) is 26.0 Å². The minimum atomic E-state index is -0.779. The van der Waals surface area contributed by atoms with Gasteiger partial charge in [0, 0.05) is 19.6 Å². The number of nitrogens with zero attached hydrogens (tertiary/aromatic N) is 2. The topological polar surface area (TPSA) is 92.3 Å². The van der Waals surface area contributed by atoms with Gasteiger partial charge in [-0.1, -0.05) is 0 Å². The average Bonchev–Trinajstić information content (AvgIpc) is 2.67. The first-order valence-corrected chi connectivity index (χ1v) is 8.83. The first-order valence-electron chi connectivity index (χ1n) is 8.83. The molecule has 0 radical (unpaired) electrons. The fraction of sp³-hybridized carbons (Fsp3) is 0.500. The Balaban J connectivity index is 1.62. The molecule has 0 saturated carbocycles. The Morgan fingerprint density at radius 1 is 1.23 bits per heavy atom. The number of carbonyl (C=O) groups is 2. The smallest absolute Gasteiger partial charge is 0.329 e. The molecule has 1 heterocycles. The fourth-order valence-corrected chi connectivity index (χ4v) is 2.44. The predicted molar refractivity (Wildman–Crippen MR) is 98.2 cm³/mol. The molecule has 2 amide bonds. The molecule has 0 aromatic heterocycles. The van der Waals surface area contributed by atoms with E-state index in [2.05, 4.69) is 20.7 Å². The van der Waals surface area contributed by atoms with Crippen LogP contribution >= 0.6 is 0 Å². The maximum absolute atomic E-state index is 11.7. The quantitative estimate of drug-likeness (QED) is 0.302. The molecule has 26 heavy (non-hydrogen) atoms. The number of carbonyl (C=O) groups excluding carboxylic acids is 2. The maximum atomic E-state index is 11.7. The summed E-state index contributed by atoms with van der Waals surface area (Å²) in [7, 11) is 0. The van der Waals surface area contributed by atoms with Gasteiger partial charge in [0.15, 0.2) is 0 Å². The van der Waals surface area contributed by atoms with Gasteiger partial charge in [0.1, 0.15) is 5.75 Å². The van der Waals surface area contributed by atoms with Crippen LogP contribution in [0.3, 0.4) is 0 Å². The highest BCUT2D eigenvalue weighted by atomic mass is 16.5. The van der Waals surface area contributed by atoms with Crippen LogP contribution in [0.15, 0.2) is 29.4 Å². The van der Waals surface area contributed by atoms with E-state index in [0.717, 1.165) is 50.6 Å². The van der Waals surface area contributed by atoms with Crippen LogP contribution in [0.2, 0.25) is 0 Å². The average molecular weight is 362 g/mol. The number of amides is 2. The number of morpholine rings is 1. The van der Waals surface area contributed by atoms with Gasteiger partial charge >= 0.3 is 11.8 Å². The lowest BCUT2D eigenvalue weighted by molar-refractivity contribution is -0.139. The lowest BCUT2D eigenvalue weighted by Gasteiger charge is -2.26. The van der Waals surface area contributed by atoms with Crippen molar-refractivity contribution in [1.29, 1.82) is 0 Å². The minimum Gasteiger partial charge on any atom is -0.494 e. The number of hydrazone groups is 1. The van der Waals surface area contributed by atoms with E-state index in [1.807, 2.05) is 31.2 Å². The summed E-state index contributed by atoms with van der Waals surface area (Å²) < 4.78 is 10.6. The summed E-state index contributed by atoms with van der Waals surface area (Å²) in [5, 5.41) is 6.38. The van der Waals surface area contributed by atoms with Crippen molar-refractivity contribution in [2.45, 2.75) is 13.3 Å². The summed E-state index contributed by atoms with van der Waals surface area (Å²) in [6, 6.07) is 7.25. The summed E-state index contributed by atoms with van der Waals surface area (Å²) in [5.74, 6) is -0.695. The molecule has 1 aliphatic heterocycles. The highest BCUT2D eigenvalue weighted by Crippen LogP contribution is 2.10. The Morgan fingerprint density at radius 2 is 1.96 bits per heavy atom. The molecule has 0 atom stereocenters. The third kappa shape index (κ3) is 7.20. The van der Waals surface area contributed by atoms with Crippen LogP contribution < -0.4 is 15.5 Å². The number of hydrogen-bond donors (Lipinski definition) is 2. The molecule has 0 bridgehead atoms. The molecule has 1 fully saturated rings. The summed E-state index contributed by atoms with van der Waals surface area (Å²) in [6.07, 6.45) is 2.26. The molecule has 142 valence electrons. The van der Waals surface area contributed by atoms with E-state index < -0.39 is 11.8 Å². The van der Waals surface area contributed by atoms with Gasteiger partial charge < -0.3 is 14.8 Å². The van der Waals surface area contributed by atoms with Crippen LogP contribution in [0.5, 0.6) is 5.75 Å². The first-order chi connectivity index (χ1) is 12.7. The summed E-state index contributed by atoms with van der Waals surface area (Å²) in [5.41, 5.74) is 3.01. The molecule has 0 unspecified atom stereocenters. The van der Waals surface area contributed by atoms with E-state index in [0.29, 0.717) is 13.2 Å². The van der Waals surface area contributed by atoms with Gasteiger partial charge in [-0.05, 0) is 49.7 Å². The third-order valence-corrected chi connectivity index (χ3v) is 3.82. The first kappa shape index (κ1) is 19.9. The van der Waals surface area contributed by atoms with Crippen molar-refractivity contribution in [3.8, 4) is 5.75 Å². The van der Waals surface area contributed by atoms with Gasteiger partial charge in [-0.2, -0.15) is 5.10 Å². The second kappa shape index (κ2) is 11.2. The molecular formula is C18H26N4O4. The zero-order valence-corrected chi connectivity index (χ0v) is 15.1. The molecule has 0 spiro atoms. The number of nitrogens with one attached hydrogen (secondary N) is 2. The highest BCUT2D eigenvalue weighted by molar-refractivity contribution is 6.35. The lowest BCUT2D eigenvalue weighted by atomic mass is 10.2. The van der Waals surface area contributed by atoms with Crippen LogP contribution in [0.25, 0.3) is 0 Å². The number of hydrogen-bond acceptors (Lipinski definition) is 6. The Kier molecular flexibility index (Phi) is 8.57. The zero-order valence-electron chi connectivity index (χ0n) is 15.1. The highest BCUT2D eigenvalue weighted by Gasteiger charge is 2.13. The molecule has 1 saturated heterocycles. The molecule has 2 N–H and O–H groups in total. The third-order valence-electron chi connectivity index (χ3n) is 3.82. The summed E-state index contributed by atoms with van der Waals surface area (Å²) in [6.45, 7) is 7.17. The largest absolute Gasteiger partial charge is 0.494 e. The van der Waals surface area contributed by atoms with E-state index in [1.54, 1.807) is 0 Å². The van der Waals surface area contributed by atoms with Crippen LogP contribution in [-0.2, 0) is 14.3 Å². The van der Waals surface area contributed by atoms with Gasteiger partial charge in [-0.15, -0.1) is 0 Å². The Bertz CT molecular complexity index is 598. The van der Waals surface area contributed by atoms with Crippen molar-refractivity contribution in [2.24, 2.45) is 5.10 Å². The van der Waals surface area contributed by atoms with E-state index >= 15 is 0 Å². The molecule has 2 rings (SSSR count). The molecular weight excluding hydrogens is 336 g/mol. The summed E-state index contributed by atoms with van der Waals surface area (Å²) >= 11 is 0. The number of benzene rings is 1. The predicted octanol–water partition coefficient (Wildman–Crippen LogP) is 0.374. The molecule has 8 heteroatoms. The van der Waals surface area contributed by atoms with E-state index in [4.69, 9.17) is 9.47 Å². The van der Waals surface area contributed by atoms with Crippen molar-refractivity contribution in [2.75, 3.05) is 46.0 Å². The summed E-state index contributed by atoms with van der Waals surface area (Å²) in [4.78, 5) is 25.7. The number of rotatable bonds is 8. The molecule has 1 aromatic rings. The molecule has 8 nitrogen and oxygen atoms in total. The van der Waals surface area contributed by atoms with E-state index in [9.17, 15) is 9.59 Å².